The van der Waals surface area contributed by atoms with Crippen LogP contribution in [-0.4, -0.2) is 57.2 Å². The van der Waals surface area contributed by atoms with E-state index in [0.717, 1.165) is 6.20 Å². The van der Waals surface area contributed by atoms with Gasteiger partial charge in [0.2, 0.25) is 0 Å². The van der Waals surface area contributed by atoms with Gasteiger partial charge in [-0.25, -0.2) is 18.7 Å². The van der Waals surface area contributed by atoms with Crippen molar-refractivity contribution in [3.63, 3.8) is 0 Å². The number of hydrogen-bond donors (Lipinski definition) is 3. The second-order valence-electron chi connectivity index (χ2n) is 8.42. The fraction of sp³-hybridized carbons (Fsp3) is 0.348. The van der Waals surface area contributed by atoms with E-state index < -0.39 is 23.1 Å². The van der Waals surface area contributed by atoms with E-state index in [0.29, 0.717) is 31.5 Å². The summed E-state index contributed by atoms with van der Waals surface area (Å²) in [5.41, 5.74) is 5.11. The lowest BCUT2D eigenvalue weighted by Gasteiger charge is -2.40. The first kappa shape index (κ1) is 23.4. The van der Waals surface area contributed by atoms with E-state index in [2.05, 4.69) is 20.3 Å². The van der Waals surface area contributed by atoms with Crippen LogP contribution < -0.4 is 16.0 Å². The topological polar surface area (TPSA) is 134 Å². The van der Waals surface area contributed by atoms with Crippen molar-refractivity contribution < 1.29 is 23.5 Å². The van der Waals surface area contributed by atoms with Crippen LogP contribution in [0.3, 0.4) is 0 Å². The maximum atomic E-state index is 14.4. The van der Waals surface area contributed by atoms with E-state index in [4.69, 9.17) is 5.73 Å². The summed E-state index contributed by atoms with van der Waals surface area (Å²) < 4.78 is 28.2. The number of carbonyl (C=O) groups excluding carboxylic acids is 2. The van der Waals surface area contributed by atoms with Crippen LogP contribution in [0, 0.1) is 11.6 Å². The molecule has 34 heavy (non-hydrogen) atoms. The molecule has 1 aliphatic carbocycles. The number of aliphatic imine (C=N–C) groups is 1. The second kappa shape index (κ2) is 9.26. The van der Waals surface area contributed by atoms with Crippen molar-refractivity contribution in [3.8, 4) is 0 Å². The number of ketones is 1. The lowest BCUT2D eigenvalue weighted by molar-refractivity contribution is -0.132. The molecule has 2 aliphatic rings. The first-order valence-corrected chi connectivity index (χ1v) is 10.7. The van der Waals surface area contributed by atoms with Crippen LogP contribution in [0.25, 0.3) is 5.70 Å². The zero-order valence-electron chi connectivity index (χ0n) is 18.5. The minimum absolute atomic E-state index is 0.0000339. The molecule has 0 spiro atoms. The van der Waals surface area contributed by atoms with Gasteiger partial charge in [0.05, 0.1) is 24.5 Å². The molecule has 178 valence electrons. The van der Waals surface area contributed by atoms with Crippen molar-refractivity contribution in [1.29, 1.82) is 0 Å². The monoisotopic (exact) mass is 470 g/mol. The maximum absolute atomic E-state index is 14.4. The minimum Gasteiger partial charge on any atom is -0.396 e. The fourth-order valence-electron chi connectivity index (χ4n) is 3.39. The Morgan fingerprint density at radius 1 is 1.29 bits per heavy atom. The first-order valence-electron chi connectivity index (χ1n) is 10.7. The maximum Gasteiger partial charge on any atom is 0.252 e. The van der Waals surface area contributed by atoms with Gasteiger partial charge in [0, 0.05) is 25.6 Å². The van der Waals surface area contributed by atoms with Gasteiger partial charge in [0.15, 0.2) is 23.2 Å². The molecule has 1 saturated carbocycles. The van der Waals surface area contributed by atoms with Crippen LogP contribution in [0.2, 0.25) is 0 Å². The Bertz CT molecular complexity index is 1190. The van der Waals surface area contributed by atoms with E-state index in [1.54, 1.807) is 23.1 Å². The van der Waals surface area contributed by atoms with Gasteiger partial charge < -0.3 is 21.1 Å². The normalized spacial score (nSPS) is 17.8. The Morgan fingerprint density at radius 3 is 2.65 bits per heavy atom. The molecule has 0 atom stereocenters. The number of nitrogens with one attached hydrogen (secondary N) is 1. The highest BCUT2D eigenvalue weighted by molar-refractivity contribution is 6.44. The number of rotatable bonds is 8. The Hall–Kier alpha value is -3.73. The molecule has 0 bridgehead atoms. The lowest BCUT2D eigenvalue weighted by atomic mass is 10.1. The standard InChI is InChI=1S/C23H24F2N6O3/c1-13(32)19(27-9-14-4-2-3-5-16(14)24)8-18(26)20-28-10-17(25)21(30-20)31-11-15(12-31)29-22(33)23(34)6-7-23/h2-5,8,10,15,34H,6-7,9,11-12,26H2,1H3,(H,29,33). The number of halogens is 2. The Balaban J connectivity index is 1.46. The second-order valence-corrected chi connectivity index (χ2v) is 8.42. The minimum atomic E-state index is -1.27. The van der Waals surface area contributed by atoms with Crippen LogP contribution in [0.4, 0.5) is 14.6 Å². The van der Waals surface area contributed by atoms with E-state index in [1.807, 2.05) is 0 Å². The number of hydrogen-bond acceptors (Lipinski definition) is 8. The molecule has 1 aromatic carbocycles. The zero-order chi connectivity index (χ0) is 24.5. The molecule has 2 fully saturated rings. The summed E-state index contributed by atoms with van der Waals surface area (Å²) in [5.74, 6) is -1.91. The van der Waals surface area contributed by atoms with Crippen LogP contribution in [0.5, 0.6) is 0 Å². The Morgan fingerprint density at radius 2 is 2.00 bits per heavy atom. The molecule has 2 heterocycles. The van der Waals surface area contributed by atoms with Gasteiger partial charge in [0.1, 0.15) is 17.1 Å². The quantitative estimate of drug-likeness (QED) is 0.492. The Labute approximate surface area is 194 Å². The fourth-order valence-corrected chi connectivity index (χ4v) is 3.39. The van der Waals surface area contributed by atoms with Crippen LogP contribution in [0.1, 0.15) is 31.2 Å². The van der Waals surface area contributed by atoms with Crippen molar-refractivity contribution in [2.45, 2.75) is 38.0 Å². The number of aromatic nitrogens is 2. The number of allylic oxidation sites excluding steroid dienone is 1. The molecule has 11 heteroatoms. The molecule has 1 aliphatic heterocycles. The number of nitrogens with two attached hydrogens (primary N) is 1. The van der Waals surface area contributed by atoms with E-state index in [9.17, 15) is 23.5 Å². The zero-order valence-corrected chi connectivity index (χ0v) is 18.5. The molecule has 1 amide bonds. The summed E-state index contributed by atoms with van der Waals surface area (Å²) >= 11 is 0. The molecule has 0 unspecified atom stereocenters. The molecule has 2 aromatic rings. The van der Waals surface area contributed by atoms with E-state index in [-0.39, 0.29) is 41.4 Å². The molecule has 1 aromatic heterocycles. The summed E-state index contributed by atoms with van der Waals surface area (Å²) in [7, 11) is 0. The number of carbonyl (C=O) groups is 2. The molecular weight excluding hydrogens is 446 g/mol. The van der Waals surface area contributed by atoms with Crippen molar-refractivity contribution in [1.82, 2.24) is 15.3 Å². The third-order valence-electron chi connectivity index (χ3n) is 5.68. The van der Waals surface area contributed by atoms with Gasteiger partial charge in [-0.05, 0) is 25.0 Å². The SMILES string of the molecule is CC(=O)C(C=C(N)c1ncc(F)c(N2CC(NC(=O)C3(O)CC3)C2)n1)=NCc1ccccc1F. The van der Waals surface area contributed by atoms with Crippen molar-refractivity contribution in [3.05, 3.63) is 59.6 Å². The number of aliphatic hydroxyl groups is 1. The highest BCUT2D eigenvalue weighted by Gasteiger charge is 2.49. The van der Waals surface area contributed by atoms with E-state index in [1.165, 1.54) is 19.1 Å². The molecule has 4 N–H and O–H groups in total. The predicted molar refractivity (Wildman–Crippen MR) is 121 cm³/mol. The number of anilines is 1. The highest BCUT2D eigenvalue weighted by Crippen LogP contribution is 2.35. The third-order valence-corrected chi connectivity index (χ3v) is 5.68. The van der Waals surface area contributed by atoms with Gasteiger partial charge >= 0.3 is 0 Å². The number of nitrogens with zero attached hydrogens (tertiary/aromatic N) is 4. The van der Waals surface area contributed by atoms with Gasteiger partial charge in [-0.15, -0.1) is 0 Å². The average molecular weight is 470 g/mol. The van der Waals surface area contributed by atoms with E-state index >= 15 is 0 Å². The van der Waals surface area contributed by atoms with Crippen molar-refractivity contribution in [2.24, 2.45) is 10.7 Å². The average Bonchev–Trinajstić information content (AvgIpc) is 3.53. The van der Waals surface area contributed by atoms with Crippen molar-refractivity contribution in [2.75, 3.05) is 18.0 Å². The van der Waals surface area contributed by atoms with Gasteiger partial charge in [-0.2, -0.15) is 0 Å². The first-order chi connectivity index (χ1) is 16.2. The smallest absolute Gasteiger partial charge is 0.252 e. The summed E-state index contributed by atoms with van der Waals surface area (Å²) in [4.78, 5) is 37.8. The lowest BCUT2D eigenvalue weighted by Crippen LogP contribution is -2.61. The summed E-state index contributed by atoms with van der Waals surface area (Å²) in [6.07, 6.45) is 3.13. The Kier molecular flexibility index (Phi) is 6.38. The van der Waals surface area contributed by atoms with Crippen LogP contribution >= 0.6 is 0 Å². The molecule has 9 nitrogen and oxygen atoms in total. The van der Waals surface area contributed by atoms with Crippen LogP contribution in [0.15, 0.2) is 41.5 Å². The molecular formula is C23H24F2N6O3. The molecule has 1 saturated heterocycles. The van der Waals surface area contributed by atoms with Gasteiger partial charge in [-0.3, -0.25) is 14.6 Å². The number of amides is 1. The van der Waals surface area contributed by atoms with Crippen molar-refractivity contribution >= 4 is 28.9 Å². The molecule has 0 radical (unpaired) electrons. The summed E-state index contributed by atoms with van der Waals surface area (Å²) in [6, 6.07) is 5.85. The predicted octanol–water partition coefficient (Wildman–Crippen LogP) is 1.11. The van der Waals surface area contributed by atoms with Crippen LogP contribution in [-0.2, 0) is 16.1 Å². The number of Topliss-reactive ketones (excluding diaryl/α,β-unsaturated/α-hetero) is 1. The van der Waals surface area contributed by atoms with Gasteiger partial charge in [-0.1, -0.05) is 18.2 Å². The van der Waals surface area contributed by atoms with Gasteiger partial charge in [0.25, 0.3) is 5.91 Å². The number of benzene rings is 1. The molecule has 4 rings (SSSR count). The third kappa shape index (κ3) is 5.09. The largest absolute Gasteiger partial charge is 0.396 e. The highest BCUT2D eigenvalue weighted by atomic mass is 19.1. The summed E-state index contributed by atoms with van der Waals surface area (Å²) in [5, 5.41) is 12.6. The summed E-state index contributed by atoms with van der Waals surface area (Å²) in [6.45, 7) is 1.85.